The Morgan fingerprint density at radius 1 is 0.923 bits per heavy atom. The van der Waals surface area contributed by atoms with Crippen LogP contribution >= 0.6 is 0 Å². The highest BCUT2D eigenvalue weighted by molar-refractivity contribution is 5.83. The number of carbonyl (C=O) groups excluding carboxylic acids is 1. The lowest BCUT2D eigenvalue weighted by atomic mass is 10.0. The number of rotatable bonds is 5. The van der Waals surface area contributed by atoms with Crippen molar-refractivity contribution in [3.05, 3.63) is 48.0 Å². The largest absolute Gasteiger partial charge is 0.463 e. The summed E-state index contributed by atoms with van der Waals surface area (Å²) >= 11 is 0. The number of carbonyl (C=O) groups is 1. The van der Waals surface area contributed by atoms with Gasteiger partial charge in [-0.05, 0) is 29.3 Å². The lowest BCUT2D eigenvalue weighted by Gasteiger charge is -2.34. The second kappa shape index (κ2) is 7.14. The number of esters is 1. The Morgan fingerprint density at radius 3 is 2.04 bits per heavy atom. The first kappa shape index (κ1) is 20.0. The van der Waals surface area contributed by atoms with Gasteiger partial charge < -0.3 is 9.47 Å². The Bertz CT molecular complexity index is 768. The van der Waals surface area contributed by atoms with Crippen molar-refractivity contribution in [3.8, 4) is 0 Å². The monoisotopic (exact) mass is 380 g/mol. The molecule has 2 aromatic rings. The fourth-order valence-corrected chi connectivity index (χ4v) is 2.37. The van der Waals surface area contributed by atoms with Crippen LogP contribution in [-0.2, 0) is 20.9 Å². The fraction of sp³-hybridized carbons (Fsp3) is 0.353. The van der Waals surface area contributed by atoms with Crippen molar-refractivity contribution in [3.63, 3.8) is 0 Å². The van der Waals surface area contributed by atoms with Gasteiger partial charge in [-0.3, -0.25) is 0 Å². The quantitative estimate of drug-likeness (QED) is 0.553. The van der Waals surface area contributed by atoms with E-state index in [0.717, 1.165) is 12.3 Å². The molecule has 0 heterocycles. The highest BCUT2D eigenvalue weighted by atomic mass is 19.4. The Labute approximate surface area is 144 Å². The third-order valence-electron chi connectivity index (χ3n) is 3.63. The van der Waals surface area contributed by atoms with Crippen LogP contribution in [0.3, 0.4) is 0 Å². The topological polar surface area (TPSA) is 35.5 Å². The average molecular weight is 380 g/mol. The van der Waals surface area contributed by atoms with Gasteiger partial charge in [0, 0.05) is 0 Å². The third-order valence-corrected chi connectivity index (χ3v) is 3.63. The van der Waals surface area contributed by atoms with E-state index < -0.39 is 37.1 Å². The minimum Gasteiger partial charge on any atom is -0.463 e. The van der Waals surface area contributed by atoms with Crippen molar-refractivity contribution in [1.82, 2.24) is 0 Å². The minimum atomic E-state index is -6.05. The molecule has 0 saturated carbocycles. The number of alkyl halides is 6. The predicted molar refractivity (Wildman–Crippen MR) is 80.2 cm³/mol. The summed E-state index contributed by atoms with van der Waals surface area (Å²) in [6.45, 7) is -0.645. The summed E-state index contributed by atoms with van der Waals surface area (Å²) in [5, 5.41) is 1.36. The van der Waals surface area contributed by atoms with Gasteiger partial charge in [0.25, 0.3) is 0 Å². The number of hydrogen-bond acceptors (Lipinski definition) is 3. The van der Waals surface area contributed by atoms with Crippen molar-refractivity contribution in [2.24, 2.45) is 0 Å². The summed E-state index contributed by atoms with van der Waals surface area (Å²) in [5.74, 6) is -2.54. The van der Waals surface area contributed by atoms with Crippen molar-refractivity contribution in [2.75, 3.05) is 6.61 Å². The standard InChI is InChI=1S/C17H14F6O3/c1-2-25-14(24)15(16(18,19)20,17(21,22)23)26-10-11-7-8-12-5-3-4-6-13(12)9-11/h3-9H,2,10H2,1H3. The molecule has 0 aliphatic heterocycles. The normalized spacial score (nSPS) is 13.0. The zero-order valence-electron chi connectivity index (χ0n) is 13.4. The number of fused-ring (bicyclic) bond motifs is 1. The molecule has 0 aromatic heterocycles. The molecule has 0 spiro atoms. The van der Waals surface area contributed by atoms with Gasteiger partial charge in [0.15, 0.2) is 0 Å². The van der Waals surface area contributed by atoms with Crippen LogP contribution in [0.4, 0.5) is 26.3 Å². The molecule has 0 unspecified atom stereocenters. The van der Waals surface area contributed by atoms with Crippen LogP contribution in [0.5, 0.6) is 0 Å². The zero-order chi connectivity index (χ0) is 19.6. The van der Waals surface area contributed by atoms with E-state index in [0.29, 0.717) is 5.39 Å². The summed E-state index contributed by atoms with van der Waals surface area (Å²) in [7, 11) is 0. The van der Waals surface area contributed by atoms with E-state index in [1.165, 1.54) is 18.2 Å². The number of hydrogen-bond donors (Lipinski definition) is 0. The van der Waals surface area contributed by atoms with E-state index >= 15 is 0 Å². The number of halogens is 6. The second-order valence-electron chi connectivity index (χ2n) is 5.37. The third kappa shape index (κ3) is 3.62. The van der Waals surface area contributed by atoms with Gasteiger partial charge in [-0.15, -0.1) is 0 Å². The summed E-state index contributed by atoms with van der Waals surface area (Å²) < 4.78 is 87.7. The van der Waals surface area contributed by atoms with Crippen LogP contribution in [0.15, 0.2) is 42.5 Å². The fourth-order valence-electron chi connectivity index (χ4n) is 2.37. The highest BCUT2D eigenvalue weighted by Crippen LogP contribution is 2.47. The van der Waals surface area contributed by atoms with Gasteiger partial charge in [-0.25, -0.2) is 4.79 Å². The lowest BCUT2D eigenvalue weighted by Crippen LogP contribution is -2.64. The molecule has 2 aromatic carbocycles. The molecule has 0 fully saturated rings. The molecule has 2 rings (SSSR count). The maximum absolute atomic E-state index is 13.3. The highest BCUT2D eigenvalue weighted by Gasteiger charge is 2.78. The first-order chi connectivity index (χ1) is 12.0. The summed E-state index contributed by atoms with van der Waals surface area (Å²) in [6.07, 6.45) is -12.1. The first-order valence-electron chi connectivity index (χ1n) is 7.45. The SMILES string of the molecule is CCOC(=O)C(OCc1ccc2ccccc2c1)(C(F)(F)F)C(F)(F)F. The summed E-state index contributed by atoms with van der Waals surface area (Å²) in [4.78, 5) is 11.6. The van der Waals surface area contributed by atoms with Crippen molar-refractivity contribution >= 4 is 16.7 Å². The van der Waals surface area contributed by atoms with Gasteiger partial charge in [-0.2, -0.15) is 26.3 Å². The van der Waals surface area contributed by atoms with Gasteiger partial charge in [0.2, 0.25) is 0 Å². The lowest BCUT2D eigenvalue weighted by molar-refractivity contribution is -0.371. The first-order valence-corrected chi connectivity index (χ1v) is 7.45. The van der Waals surface area contributed by atoms with Crippen LogP contribution in [0.25, 0.3) is 10.8 Å². The molecular formula is C17H14F6O3. The van der Waals surface area contributed by atoms with E-state index in [1.54, 1.807) is 24.3 Å². The van der Waals surface area contributed by atoms with Crippen LogP contribution in [0, 0.1) is 0 Å². The van der Waals surface area contributed by atoms with Gasteiger partial charge in [0.1, 0.15) is 0 Å². The molecule has 142 valence electrons. The molecule has 0 amide bonds. The maximum atomic E-state index is 13.3. The van der Waals surface area contributed by atoms with Gasteiger partial charge >= 0.3 is 23.9 Å². The molecular weight excluding hydrogens is 366 g/mol. The van der Waals surface area contributed by atoms with Gasteiger partial charge in [0.05, 0.1) is 13.2 Å². The molecule has 0 bridgehead atoms. The summed E-state index contributed by atoms with van der Waals surface area (Å²) in [6, 6.07) is 11.0. The van der Waals surface area contributed by atoms with Crippen molar-refractivity contribution in [2.45, 2.75) is 31.5 Å². The van der Waals surface area contributed by atoms with Crippen LogP contribution in [-0.4, -0.2) is 30.5 Å². The van der Waals surface area contributed by atoms with Gasteiger partial charge in [-0.1, -0.05) is 36.4 Å². The van der Waals surface area contributed by atoms with E-state index in [9.17, 15) is 31.1 Å². The summed E-state index contributed by atoms with van der Waals surface area (Å²) in [5.41, 5.74) is -5.01. The van der Waals surface area contributed by atoms with E-state index in [2.05, 4.69) is 9.47 Å². The molecule has 3 nitrogen and oxygen atoms in total. The van der Waals surface area contributed by atoms with E-state index in [4.69, 9.17) is 0 Å². The van der Waals surface area contributed by atoms with Crippen LogP contribution in [0.2, 0.25) is 0 Å². The van der Waals surface area contributed by atoms with Crippen LogP contribution < -0.4 is 0 Å². The second-order valence-corrected chi connectivity index (χ2v) is 5.37. The number of ether oxygens (including phenoxy) is 2. The number of benzene rings is 2. The predicted octanol–water partition coefficient (Wildman–Crippen LogP) is 4.78. The average Bonchev–Trinajstić information content (AvgIpc) is 2.53. The smallest absolute Gasteiger partial charge is 0.437 e. The molecule has 0 N–H and O–H groups in total. The molecule has 0 radical (unpaired) electrons. The van der Waals surface area contributed by atoms with Crippen LogP contribution in [0.1, 0.15) is 12.5 Å². The van der Waals surface area contributed by atoms with E-state index in [-0.39, 0.29) is 5.56 Å². The Balaban J connectivity index is 2.40. The Hall–Kier alpha value is -2.29. The maximum Gasteiger partial charge on any atom is 0.437 e. The molecule has 0 saturated heterocycles. The molecule has 0 aliphatic rings. The van der Waals surface area contributed by atoms with Crippen molar-refractivity contribution in [1.29, 1.82) is 0 Å². The Morgan fingerprint density at radius 2 is 1.50 bits per heavy atom. The molecule has 0 aliphatic carbocycles. The molecule has 26 heavy (non-hydrogen) atoms. The minimum absolute atomic E-state index is 0.0471. The van der Waals surface area contributed by atoms with E-state index in [1.807, 2.05) is 0 Å². The molecule has 9 heteroatoms. The van der Waals surface area contributed by atoms with Crippen molar-refractivity contribution < 1.29 is 40.6 Å². The zero-order valence-corrected chi connectivity index (χ0v) is 13.4. The molecule has 0 atom stereocenters. The Kier molecular flexibility index (Phi) is 5.50.